The minimum Gasteiger partial charge on any atom is -0.361 e. The molecular weight excluding hydrogens is 253 g/mol. The number of nitrogens with one attached hydrogen (secondary N) is 1. The number of benzene rings is 2. The molecule has 1 aromatic heterocycles. The number of aromatic amines is 1. The van der Waals surface area contributed by atoms with Gasteiger partial charge in [0, 0.05) is 32.7 Å². The summed E-state index contributed by atoms with van der Waals surface area (Å²) in [5, 5.41) is 2.65. The highest BCUT2D eigenvalue weighted by molar-refractivity contribution is 6.31. The lowest BCUT2D eigenvalue weighted by atomic mass is 10.1. The van der Waals surface area contributed by atoms with Crippen molar-refractivity contribution in [1.82, 2.24) is 4.98 Å². The van der Waals surface area contributed by atoms with Crippen molar-refractivity contribution in [3.8, 4) is 11.1 Å². The zero-order valence-corrected chi connectivity index (χ0v) is 10.4. The maximum absolute atomic E-state index is 5.96. The zero-order valence-electron chi connectivity index (χ0n) is 8.87. The van der Waals surface area contributed by atoms with Crippen LogP contribution in [-0.4, -0.2) is 4.98 Å². The maximum Gasteiger partial charge on any atom is 0.0475 e. The molecule has 1 N–H and O–H groups in total. The number of fused-ring (bicyclic) bond motifs is 1. The van der Waals surface area contributed by atoms with E-state index in [0.717, 1.165) is 32.1 Å². The molecule has 0 radical (unpaired) electrons. The van der Waals surface area contributed by atoms with Crippen LogP contribution in [-0.2, 0) is 0 Å². The average Bonchev–Trinajstić information content (AvgIpc) is 2.73. The number of halogens is 2. The van der Waals surface area contributed by atoms with Crippen molar-refractivity contribution in [3.63, 3.8) is 0 Å². The van der Waals surface area contributed by atoms with Crippen molar-refractivity contribution in [2.75, 3.05) is 0 Å². The first-order chi connectivity index (χ1) is 8.24. The second kappa shape index (κ2) is 4.10. The summed E-state index contributed by atoms with van der Waals surface area (Å²) in [5.41, 5.74) is 3.35. The molecule has 0 aliphatic carbocycles. The summed E-state index contributed by atoms with van der Waals surface area (Å²) < 4.78 is 0. The monoisotopic (exact) mass is 261 g/mol. The molecule has 0 atom stereocenters. The number of hydrogen-bond donors (Lipinski definition) is 1. The summed E-state index contributed by atoms with van der Waals surface area (Å²) in [4.78, 5) is 3.22. The Morgan fingerprint density at radius 2 is 1.53 bits per heavy atom. The third-order valence-corrected chi connectivity index (χ3v) is 3.29. The highest BCUT2D eigenvalue weighted by atomic mass is 35.5. The number of aromatic nitrogens is 1. The SMILES string of the molecule is Clc1ccc(-c2c[nH]c3cc(Cl)ccc23)cc1. The summed E-state index contributed by atoms with van der Waals surface area (Å²) in [6.45, 7) is 0. The number of rotatable bonds is 1. The Morgan fingerprint density at radius 1 is 0.824 bits per heavy atom. The van der Waals surface area contributed by atoms with Gasteiger partial charge in [0.05, 0.1) is 0 Å². The minimum absolute atomic E-state index is 0.738. The van der Waals surface area contributed by atoms with E-state index in [1.807, 2.05) is 48.7 Å². The van der Waals surface area contributed by atoms with Gasteiger partial charge in [0.2, 0.25) is 0 Å². The van der Waals surface area contributed by atoms with Crippen molar-refractivity contribution in [2.24, 2.45) is 0 Å². The fourth-order valence-corrected chi connectivity index (χ4v) is 2.26. The fraction of sp³-hybridized carbons (Fsp3) is 0. The van der Waals surface area contributed by atoms with Crippen LogP contribution in [0.4, 0.5) is 0 Å². The van der Waals surface area contributed by atoms with Gasteiger partial charge < -0.3 is 4.98 Å². The maximum atomic E-state index is 5.96. The molecular formula is C14H9Cl2N. The molecule has 84 valence electrons. The van der Waals surface area contributed by atoms with E-state index in [0.29, 0.717) is 0 Å². The quantitative estimate of drug-likeness (QED) is 0.624. The third-order valence-electron chi connectivity index (χ3n) is 2.80. The highest BCUT2D eigenvalue weighted by Crippen LogP contribution is 2.30. The van der Waals surface area contributed by atoms with E-state index in [9.17, 15) is 0 Å². The lowest BCUT2D eigenvalue weighted by Gasteiger charge is -2.00. The van der Waals surface area contributed by atoms with Crippen molar-refractivity contribution in [2.45, 2.75) is 0 Å². The van der Waals surface area contributed by atoms with Crippen LogP contribution in [0.3, 0.4) is 0 Å². The topological polar surface area (TPSA) is 15.8 Å². The third kappa shape index (κ3) is 1.92. The van der Waals surface area contributed by atoms with Gasteiger partial charge in [-0.3, -0.25) is 0 Å². The normalized spacial score (nSPS) is 10.9. The van der Waals surface area contributed by atoms with Crippen LogP contribution in [0.1, 0.15) is 0 Å². The van der Waals surface area contributed by atoms with E-state index >= 15 is 0 Å². The first-order valence-corrected chi connectivity index (χ1v) is 6.02. The molecule has 0 saturated heterocycles. The van der Waals surface area contributed by atoms with Crippen LogP contribution in [0.2, 0.25) is 10.0 Å². The van der Waals surface area contributed by atoms with Gasteiger partial charge >= 0.3 is 0 Å². The van der Waals surface area contributed by atoms with E-state index in [-0.39, 0.29) is 0 Å². The molecule has 1 heterocycles. The van der Waals surface area contributed by atoms with Crippen LogP contribution >= 0.6 is 23.2 Å². The van der Waals surface area contributed by atoms with Crippen LogP contribution in [0, 0.1) is 0 Å². The zero-order chi connectivity index (χ0) is 11.8. The summed E-state index contributed by atoms with van der Waals surface area (Å²) in [6.07, 6.45) is 1.99. The summed E-state index contributed by atoms with van der Waals surface area (Å²) in [6, 6.07) is 13.7. The van der Waals surface area contributed by atoms with E-state index in [1.165, 1.54) is 0 Å². The Labute approximate surface area is 109 Å². The molecule has 3 heteroatoms. The second-order valence-corrected chi connectivity index (χ2v) is 4.77. The van der Waals surface area contributed by atoms with Gasteiger partial charge in [-0.15, -0.1) is 0 Å². The molecule has 0 spiro atoms. The van der Waals surface area contributed by atoms with Crippen molar-refractivity contribution in [1.29, 1.82) is 0 Å². The molecule has 2 aromatic carbocycles. The fourth-order valence-electron chi connectivity index (χ4n) is 1.97. The summed E-state index contributed by atoms with van der Waals surface area (Å²) >= 11 is 11.8. The van der Waals surface area contributed by atoms with Gasteiger partial charge in [-0.1, -0.05) is 41.4 Å². The summed E-state index contributed by atoms with van der Waals surface area (Å²) in [5.74, 6) is 0. The van der Waals surface area contributed by atoms with Gasteiger partial charge in [0.1, 0.15) is 0 Å². The van der Waals surface area contributed by atoms with Crippen LogP contribution in [0.5, 0.6) is 0 Å². The molecule has 0 saturated carbocycles. The smallest absolute Gasteiger partial charge is 0.0475 e. The largest absolute Gasteiger partial charge is 0.361 e. The van der Waals surface area contributed by atoms with Gasteiger partial charge in [0.15, 0.2) is 0 Å². The predicted molar refractivity (Wildman–Crippen MR) is 73.8 cm³/mol. The van der Waals surface area contributed by atoms with Crippen molar-refractivity contribution in [3.05, 3.63) is 58.7 Å². The van der Waals surface area contributed by atoms with Gasteiger partial charge in [-0.05, 0) is 29.8 Å². The average molecular weight is 262 g/mol. The Morgan fingerprint density at radius 3 is 2.29 bits per heavy atom. The standard InChI is InChI=1S/C14H9Cl2N/c15-10-3-1-9(2-4-10)13-8-17-14-7-11(16)5-6-12(13)14/h1-8,17H. The summed E-state index contributed by atoms with van der Waals surface area (Å²) in [7, 11) is 0. The first-order valence-electron chi connectivity index (χ1n) is 5.26. The molecule has 0 aliphatic rings. The molecule has 0 aliphatic heterocycles. The number of H-pyrrole nitrogens is 1. The van der Waals surface area contributed by atoms with Crippen LogP contribution in [0.15, 0.2) is 48.7 Å². The molecule has 1 nitrogen and oxygen atoms in total. The van der Waals surface area contributed by atoms with Gasteiger partial charge in [0.25, 0.3) is 0 Å². The molecule has 17 heavy (non-hydrogen) atoms. The lowest BCUT2D eigenvalue weighted by molar-refractivity contribution is 1.47. The lowest BCUT2D eigenvalue weighted by Crippen LogP contribution is -1.74. The molecule has 3 rings (SSSR count). The van der Waals surface area contributed by atoms with E-state index in [1.54, 1.807) is 0 Å². The first kappa shape index (κ1) is 10.7. The minimum atomic E-state index is 0.738. The Balaban J connectivity index is 2.21. The highest BCUT2D eigenvalue weighted by Gasteiger charge is 2.06. The molecule has 0 fully saturated rings. The Bertz CT molecular complexity index is 668. The van der Waals surface area contributed by atoms with E-state index in [2.05, 4.69) is 4.98 Å². The van der Waals surface area contributed by atoms with Gasteiger partial charge in [-0.25, -0.2) is 0 Å². The van der Waals surface area contributed by atoms with Crippen LogP contribution in [0.25, 0.3) is 22.0 Å². The van der Waals surface area contributed by atoms with E-state index in [4.69, 9.17) is 23.2 Å². The molecule has 0 bridgehead atoms. The predicted octanol–water partition coefficient (Wildman–Crippen LogP) is 5.14. The second-order valence-electron chi connectivity index (χ2n) is 3.90. The van der Waals surface area contributed by atoms with Crippen molar-refractivity contribution >= 4 is 34.1 Å². The Hall–Kier alpha value is -1.44. The van der Waals surface area contributed by atoms with Gasteiger partial charge in [-0.2, -0.15) is 0 Å². The van der Waals surface area contributed by atoms with Crippen molar-refractivity contribution < 1.29 is 0 Å². The number of hydrogen-bond acceptors (Lipinski definition) is 0. The molecule has 0 amide bonds. The Kier molecular flexibility index (Phi) is 2.58. The molecule has 0 unspecified atom stereocenters. The van der Waals surface area contributed by atoms with E-state index < -0.39 is 0 Å². The molecule has 3 aromatic rings. The van der Waals surface area contributed by atoms with Crippen LogP contribution < -0.4 is 0 Å².